The maximum absolute atomic E-state index is 13.3. The van der Waals surface area contributed by atoms with E-state index in [1.807, 2.05) is 0 Å². The number of rotatable bonds is 20. The van der Waals surface area contributed by atoms with Crippen molar-refractivity contribution in [3.05, 3.63) is 58.7 Å². The molecule has 0 radical (unpaired) electrons. The number of hydrogen-bond donors (Lipinski definition) is 0. The number of nitrogens with zero attached hydrogens (tertiary/aromatic N) is 2. The molecule has 0 saturated carbocycles. The van der Waals surface area contributed by atoms with Crippen LogP contribution in [0.2, 0.25) is 0 Å². The van der Waals surface area contributed by atoms with Gasteiger partial charge in [0, 0.05) is 22.3 Å². The van der Waals surface area contributed by atoms with Crippen LogP contribution in [0.25, 0.3) is 0 Å². The van der Waals surface area contributed by atoms with Crippen molar-refractivity contribution in [1.29, 1.82) is 0 Å². The zero-order valence-electron chi connectivity index (χ0n) is 25.3. The second kappa shape index (κ2) is 17.2. The first-order chi connectivity index (χ1) is 19.5. The van der Waals surface area contributed by atoms with Crippen LogP contribution >= 0.6 is 0 Å². The van der Waals surface area contributed by atoms with Gasteiger partial charge in [-0.25, -0.2) is 0 Å². The van der Waals surface area contributed by atoms with Crippen molar-refractivity contribution in [3.63, 3.8) is 0 Å². The predicted molar refractivity (Wildman–Crippen MR) is 163 cm³/mol. The molecular weight excluding hydrogens is 500 g/mol. The van der Waals surface area contributed by atoms with E-state index in [1.54, 1.807) is 36.4 Å². The molecule has 6 nitrogen and oxygen atoms in total. The Balaban J connectivity index is 1.52. The van der Waals surface area contributed by atoms with Gasteiger partial charge in [-0.1, -0.05) is 27.7 Å². The van der Waals surface area contributed by atoms with Crippen LogP contribution in [0.1, 0.15) is 111 Å². The first-order valence-electron chi connectivity index (χ1n) is 15.6. The number of unbranched alkanes of at least 4 members (excludes halogenated alkanes) is 2. The zero-order chi connectivity index (χ0) is 28.7. The average Bonchev–Trinajstić information content (AvgIpc) is 2.96. The number of benzene rings is 2. The van der Waals surface area contributed by atoms with Crippen LogP contribution in [0.15, 0.2) is 36.4 Å². The second-order valence-corrected chi connectivity index (χ2v) is 10.9. The highest BCUT2D eigenvalue weighted by Gasteiger charge is 2.30. The molecule has 0 spiro atoms. The van der Waals surface area contributed by atoms with E-state index in [0.717, 1.165) is 65.0 Å². The van der Waals surface area contributed by atoms with Gasteiger partial charge in [0.1, 0.15) is 11.5 Å². The molecule has 0 aliphatic heterocycles. The van der Waals surface area contributed by atoms with E-state index in [9.17, 15) is 9.59 Å². The van der Waals surface area contributed by atoms with Gasteiger partial charge in [0.15, 0.2) is 11.6 Å². The standard InChI is InChI=1S/C34H50N2O4/c1-5-17-35(18-6-2)21-9-11-23-39-27-13-15-29-31(25-27)33(37)30-16-14-28(26-32(30)34(29)38)40-24-12-10-22-36(19-7-3)20-8-4/h13-16,25-26H,5-12,17-24H2,1-4H3. The minimum Gasteiger partial charge on any atom is -0.494 e. The molecule has 0 aromatic heterocycles. The van der Waals surface area contributed by atoms with Crippen molar-refractivity contribution >= 4 is 11.6 Å². The lowest BCUT2D eigenvalue weighted by Crippen LogP contribution is -2.26. The molecule has 220 valence electrons. The van der Waals surface area contributed by atoms with Gasteiger partial charge >= 0.3 is 0 Å². The third kappa shape index (κ3) is 9.17. The molecule has 0 unspecified atom stereocenters. The highest BCUT2D eigenvalue weighted by Crippen LogP contribution is 2.32. The second-order valence-electron chi connectivity index (χ2n) is 10.9. The molecule has 2 aromatic rings. The molecule has 2 aromatic carbocycles. The van der Waals surface area contributed by atoms with Gasteiger partial charge in [-0.3, -0.25) is 9.59 Å². The number of ketones is 2. The van der Waals surface area contributed by atoms with Crippen molar-refractivity contribution in [2.24, 2.45) is 0 Å². The molecule has 0 amide bonds. The normalized spacial score (nSPS) is 12.7. The molecule has 6 heteroatoms. The molecule has 3 rings (SSSR count). The Morgan fingerprint density at radius 2 is 0.875 bits per heavy atom. The molecule has 1 aliphatic carbocycles. The maximum Gasteiger partial charge on any atom is 0.194 e. The Morgan fingerprint density at radius 3 is 1.23 bits per heavy atom. The number of hydrogen-bond acceptors (Lipinski definition) is 6. The largest absolute Gasteiger partial charge is 0.494 e. The topological polar surface area (TPSA) is 59.1 Å². The van der Waals surface area contributed by atoms with Crippen LogP contribution in [0.3, 0.4) is 0 Å². The lowest BCUT2D eigenvalue weighted by molar-refractivity contribution is 0.0978. The van der Waals surface area contributed by atoms with Gasteiger partial charge in [-0.15, -0.1) is 0 Å². The quantitative estimate of drug-likeness (QED) is 0.141. The molecule has 0 fully saturated rings. The van der Waals surface area contributed by atoms with Crippen LogP contribution in [-0.2, 0) is 0 Å². The fourth-order valence-electron chi connectivity index (χ4n) is 5.48. The summed E-state index contributed by atoms with van der Waals surface area (Å²) in [6, 6.07) is 10.5. The molecule has 0 bridgehead atoms. The van der Waals surface area contributed by atoms with Gasteiger partial charge < -0.3 is 19.3 Å². The monoisotopic (exact) mass is 550 g/mol. The van der Waals surface area contributed by atoms with E-state index in [1.165, 1.54) is 25.7 Å². The Morgan fingerprint density at radius 1 is 0.500 bits per heavy atom. The fraction of sp³-hybridized carbons (Fsp3) is 0.588. The molecule has 0 N–H and O–H groups in total. The molecule has 40 heavy (non-hydrogen) atoms. The van der Waals surface area contributed by atoms with E-state index in [4.69, 9.17) is 9.47 Å². The molecule has 0 saturated heterocycles. The fourth-order valence-corrected chi connectivity index (χ4v) is 5.48. The molecule has 0 atom stereocenters. The number of fused-ring (bicyclic) bond motifs is 2. The predicted octanol–water partition coefficient (Wildman–Crippen LogP) is 7.02. The zero-order valence-corrected chi connectivity index (χ0v) is 25.3. The summed E-state index contributed by atoms with van der Waals surface area (Å²) in [5.74, 6) is 1.00. The Labute approximate surface area is 242 Å². The van der Waals surface area contributed by atoms with Crippen molar-refractivity contribution in [2.75, 3.05) is 52.5 Å². The lowest BCUT2D eigenvalue weighted by atomic mass is 9.84. The van der Waals surface area contributed by atoms with Crippen molar-refractivity contribution in [1.82, 2.24) is 9.80 Å². The summed E-state index contributed by atoms with van der Waals surface area (Å²) in [6.45, 7) is 16.8. The Bertz CT molecular complexity index is 986. The van der Waals surface area contributed by atoms with Crippen LogP contribution in [-0.4, -0.2) is 73.8 Å². The van der Waals surface area contributed by atoms with E-state index in [2.05, 4.69) is 37.5 Å². The molecule has 0 heterocycles. The highest BCUT2D eigenvalue weighted by molar-refractivity contribution is 6.28. The summed E-state index contributed by atoms with van der Waals surface area (Å²) in [5, 5.41) is 0. The van der Waals surface area contributed by atoms with Gasteiger partial charge in [-0.2, -0.15) is 0 Å². The third-order valence-corrected chi connectivity index (χ3v) is 7.39. The summed E-state index contributed by atoms with van der Waals surface area (Å²) < 4.78 is 11.9. The first kappa shape index (κ1) is 31.8. The van der Waals surface area contributed by atoms with Crippen LogP contribution in [0.5, 0.6) is 11.5 Å². The van der Waals surface area contributed by atoms with Crippen LogP contribution in [0.4, 0.5) is 0 Å². The number of carbonyl (C=O) groups is 2. The summed E-state index contributed by atoms with van der Waals surface area (Å²) in [7, 11) is 0. The van der Waals surface area contributed by atoms with Crippen molar-refractivity contribution in [2.45, 2.75) is 79.1 Å². The minimum atomic E-state index is -0.136. The van der Waals surface area contributed by atoms with E-state index in [0.29, 0.717) is 47.0 Å². The summed E-state index contributed by atoms with van der Waals surface area (Å²) >= 11 is 0. The van der Waals surface area contributed by atoms with Crippen LogP contribution < -0.4 is 9.47 Å². The minimum absolute atomic E-state index is 0.136. The van der Waals surface area contributed by atoms with Gasteiger partial charge in [0.25, 0.3) is 0 Å². The molecular formula is C34H50N2O4. The molecule has 1 aliphatic rings. The van der Waals surface area contributed by atoms with E-state index in [-0.39, 0.29) is 11.6 Å². The Hall–Kier alpha value is -2.70. The summed E-state index contributed by atoms with van der Waals surface area (Å²) in [6.07, 6.45) is 8.76. The van der Waals surface area contributed by atoms with E-state index < -0.39 is 0 Å². The van der Waals surface area contributed by atoms with Gasteiger partial charge in [-0.05, 0) is 127 Å². The third-order valence-electron chi connectivity index (χ3n) is 7.39. The SMILES string of the molecule is CCCN(CCC)CCCCOc1ccc2c(c1)C(=O)c1ccc(OCCCCN(CCC)CCC)cc1C2=O. The van der Waals surface area contributed by atoms with E-state index >= 15 is 0 Å². The smallest absolute Gasteiger partial charge is 0.194 e. The lowest BCUT2D eigenvalue weighted by Gasteiger charge is -2.21. The number of ether oxygens (including phenoxy) is 2. The van der Waals surface area contributed by atoms with Crippen molar-refractivity contribution < 1.29 is 19.1 Å². The highest BCUT2D eigenvalue weighted by atomic mass is 16.5. The first-order valence-corrected chi connectivity index (χ1v) is 15.6. The Kier molecular flexibility index (Phi) is 13.7. The number of carbonyl (C=O) groups excluding carboxylic acids is 2. The maximum atomic E-state index is 13.3. The average molecular weight is 551 g/mol. The van der Waals surface area contributed by atoms with Crippen LogP contribution in [0, 0.1) is 0 Å². The summed E-state index contributed by atoms with van der Waals surface area (Å²) in [5.41, 5.74) is 1.71. The van der Waals surface area contributed by atoms with Gasteiger partial charge in [0.2, 0.25) is 0 Å². The van der Waals surface area contributed by atoms with Crippen molar-refractivity contribution in [3.8, 4) is 11.5 Å². The summed E-state index contributed by atoms with van der Waals surface area (Å²) in [4.78, 5) is 31.6. The van der Waals surface area contributed by atoms with Gasteiger partial charge in [0.05, 0.1) is 13.2 Å².